The van der Waals surface area contributed by atoms with Gasteiger partial charge in [-0.25, -0.2) is 4.98 Å². The van der Waals surface area contributed by atoms with Crippen molar-refractivity contribution in [2.75, 3.05) is 11.9 Å². The molecule has 1 aromatic heterocycles. The Morgan fingerprint density at radius 2 is 2.21 bits per heavy atom. The van der Waals surface area contributed by atoms with Crippen LogP contribution in [0.25, 0.3) is 0 Å². The van der Waals surface area contributed by atoms with E-state index in [-0.39, 0.29) is 11.8 Å². The molecule has 1 aliphatic heterocycles. The van der Waals surface area contributed by atoms with Crippen LogP contribution in [0, 0.1) is 6.92 Å². The number of aryl methyl sites for hydroxylation is 1. The number of phenolic OH excluding ortho intramolecular Hbond substituents is 1. The first kappa shape index (κ1) is 12.3. The highest BCUT2D eigenvalue weighted by atomic mass is 79.9. The summed E-state index contributed by atoms with van der Waals surface area (Å²) in [5.41, 5.74) is 2.97. The SMILES string of the molecule is Cc1nc(Br)ccc1NC1COc2cc(O)ccc21. The zero-order valence-corrected chi connectivity index (χ0v) is 11.9. The van der Waals surface area contributed by atoms with Crippen LogP contribution in [0.2, 0.25) is 0 Å². The molecule has 4 nitrogen and oxygen atoms in total. The number of halogens is 1. The number of aromatic hydroxyl groups is 1. The zero-order chi connectivity index (χ0) is 13.4. The number of anilines is 1. The molecule has 2 N–H and O–H groups in total. The number of aromatic nitrogens is 1. The summed E-state index contributed by atoms with van der Waals surface area (Å²) >= 11 is 3.35. The Kier molecular flexibility index (Phi) is 3.06. The molecule has 3 rings (SSSR count). The molecular weight excluding hydrogens is 308 g/mol. The van der Waals surface area contributed by atoms with E-state index in [9.17, 15) is 5.11 Å². The van der Waals surface area contributed by atoms with Gasteiger partial charge >= 0.3 is 0 Å². The van der Waals surface area contributed by atoms with Crippen molar-refractivity contribution in [3.05, 3.63) is 46.2 Å². The third-order valence-electron chi connectivity index (χ3n) is 3.16. The van der Waals surface area contributed by atoms with Gasteiger partial charge in [-0.15, -0.1) is 0 Å². The number of benzene rings is 1. The van der Waals surface area contributed by atoms with Crippen LogP contribution in [0.3, 0.4) is 0 Å². The Morgan fingerprint density at radius 1 is 1.37 bits per heavy atom. The van der Waals surface area contributed by atoms with Gasteiger partial charge in [0, 0.05) is 11.6 Å². The van der Waals surface area contributed by atoms with Gasteiger partial charge in [0.05, 0.1) is 17.4 Å². The first-order valence-electron chi connectivity index (χ1n) is 5.99. The summed E-state index contributed by atoms with van der Waals surface area (Å²) in [5, 5.41) is 12.9. The molecular formula is C14H13BrN2O2. The predicted octanol–water partition coefficient (Wildman–Crippen LogP) is 3.40. The lowest BCUT2D eigenvalue weighted by molar-refractivity contribution is 0.338. The number of nitrogens with zero attached hydrogens (tertiary/aromatic N) is 1. The second kappa shape index (κ2) is 4.74. The molecule has 0 amide bonds. The lowest BCUT2D eigenvalue weighted by Gasteiger charge is -2.15. The lowest BCUT2D eigenvalue weighted by atomic mass is 10.1. The second-order valence-electron chi connectivity index (χ2n) is 4.50. The Bertz CT molecular complexity index is 631. The quantitative estimate of drug-likeness (QED) is 0.833. The lowest BCUT2D eigenvalue weighted by Crippen LogP contribution is -2.13. The molecule has 0 spiro atoms. The van der Waals surface area contributed by atoms with Crippen LogP contribution in [-0.4, -0.2) is 16.7 Å². The van der Waals surface area contributed by atoms with E-state index in [2.05, 4.69) is 26.2 Å². The Labute approximate surface area is 119 Å². The van der Waals surface area contributed by atoms with Crippen molar-refractivity contribution in [3.63, 3.8) is 0 Å². The minimum atomic E-state index is 0.0808. The van der Waals surface area contributed by atoms with Crippen molar-refractivity contribution in [1.29, 1.82) is 0 Å². The molecule has 2 heterocycles. The molecule has 1 atom stereocenters. The van der Waals surface area contributed by atoms with E-state index in [1.807, 2.05) is 25.1 Å². The van der Waals surface area contributed by atoms with E-state index in [4.69, 9.17) is 4.74 Å². The summed E-state index contributed by atoms with van der Waals surface area (Å²) in [7, 11) is 0. The molecule has 1 aliphatic rings. The van der Waals surface area contributed by atoms with Crippen molar-refractivity contribution < 1.29 is 9.84 Å². The van der Waals surface area contributed by atoms with Gasteiger partial charge in [0.25, 0.3) is 0 Å². The number of nitrogens with one attached hydrogen (secondary N) is 1. The zero-order valence-electron chi connectivity index (χ0n) is 10.4. The van der Waals surface area contributed by atoms with E-state index in [1.54, 1.807) is 12.1 Å². The number of ether oxygens (including phenoxy) is 1. The standard InChI is InChI=1S/C14H13BrN2O2/c1-8-11(4-5-14(15)16-8)17-12-7-19-13-6-9(18)2-3-10(12)13/h2-6,12,17-18H,7H2,1H3. The van der Waals surface area contributed by atoms with Crippen LogP contribution < -0.4 is 10.1 Å². The largest absolute Gasteiger partial charge is 0.508 e. The summed E-state index contributed by atoms with van der Waals surface area (Å²) in [6.07, 6.45) is 0. The fraction of sp³-hybridized carbons (Fsp3) is 0.214. The number of rotatable bonds is 2. The number of hydrogen-bond donors (Lipinski definition) is 2. The van der Waals surface area contributed by atoms with Gasteiger partial charge in [0.2, 0.25) is 0 Å². The number of hydrogen-bond acceptors (Lipinski definition) is 4. The van der Waals surface area contributed by atoms with Crippen LogP contribution in [0.4, 0.5) is 5.69 Å². The van der Waals surface area contributed by atoms with Crippen molar-refractivity contribution in [3.8, 4) is 11.5 Å². The maximum atomic E-state index is 9.43. The normalized spacial score (nSPS) is 16.8. The number of phenols is 1. The molecule has 0 bridgehead atoms. The average molecular weight is 321 g/mol. The van der Waals surface area contributed by atoms with E-state index < -0.39 is 0 Å². The molecule has 0 saturated heterocycles. The smallest absolute Gasteiger partial charge is 0.128 e. The Morgan fingerprint density at radius 3 is 3.00 bits per heavy atom. The number of pyridine rings is 1. The first-order valence-corrected chi connectivity index (χ1v) is 6.78. The highest BCUT2D eigenvalue weighted by Gasteiger charge is 2.24. The molecule has 0 saturated carbocycles. The Hall–Kier alpha value is -1.75. The fourth-order valence-electron chi connectivity index (χ4n) is 2.19. The second-order valence-corrected chi connectivity index (χ2v) is 5.31. The summed E-state index contributed by atoms with van der Waals surface area (Å²) in [4.78, 5) is 4.36. The summed E-state index contributed by atoms with van der Waals surface area (Å²) in [6.45, 7) is 2.51. The van der Waals surface area contributed by atoms with Crippen LogP contribution in [0.15, 0.2) is 34.9 Å². The van der Waals surface area contributed by atoms with Crippen LogP contribution in [0.1, 0.15) is 17.3 Å². The maximum Gasteiger partial charge on any atom is 0.128 e. The fourth-order valence-corrected chi connectivity index (χ4v) is 2.59. The van der Waals surface area contributed by atoms with Crippen LogP contribution >= 0.6 is 15.9 Å². The van der Waals surface area contributed by atoms with Gasteiger partial charge in [-0.1, -0.05) is 0 Å². The summed E-state index contributed by atoms with van der Waals surface area (Å²) in [5.74, 6) is 0.959. The Balaban J connectivity index is 1.86. The summed E-state index contributed by atoms with van der Waals surface area (Å²) in [6, 6.07) is 9.18. The molecule has 0 aliphatic carbocycles. The van der Waals surface area contributed by atoms with Gasteiger partial charge in [-0.05, 0) is 47.1 Å². The molecule has 0 fully saturated rings. The van der Waals surface area contributed by atoms with Crippen LogP contribution in [0.5, 0.6) is 11.5 Å². The van der Waals surface area contributed by atoms with Crippen molar-refractivity contribution in [2.45, 2.75) is 13.0 Å². The minimum absolute atomic E-state index is 0.0808. The molecule has 5 heteroatoms. The monoisotopic (exact) mass is 320 g/mol. The van der Waals surface area contributed by atoms with Crippen molar-refractivity contribution in [2.24, 2.45) is 0 Å². The van der Waals surface area contributed by atoms with Gasteiger partial charge in [0.15, 0.2) is 0 Å². The number of fused-ring (bicyclic) bond motifs is 1. The van der Waals surface area contributed by atoms with E-state index in [1.165, 1.54) is 0 Å². The van der Waals surface area contributed by atoms with Gasteiger partial charge in [0.1, 0.15) is 22.7 Å². The van der Waals surface area contributed by atoms with Crippen LogP contribution in [-0.2, 0) is 0 Å². The third kappa shape index (κ3) is 2.38. The van der Waals surface area contributed by atoms with Gasteiger partial charge in [-0.3, -0.25) is 0 Å². The van der Waals surface area contributed by atoms with E-state index >= 15 is 0 Å². The predicted molar refractivity (Wildman–Crippen MR) is 76.6 cm³/mol. The van der Waals surface area contributed by atoms with Gasteiger partial charge < -0.3 is 15.2 Å². The molecule has 0 radical (unpaired) electrons. The molecule has 98 valence electrons. The highest BCUT2D eigenvalue weighted by Crippen LogP contribution is 2.37. The molecule has 1 aromatic carbocycles. The first-order chi connectivity index (χ1) is 9.13. The third-order valence-corrected chi connectivity index (χ3v) is 3.60. The van der Waals surface area contributed by atoms with Crippen molar-refractivity contribution >= 4 is 21.6 Å². The highest BCUT2D eigenvalue weighted by molar-refractivity contribution is 9.10. The van der Waals surface area contributed by atoms with E-state index in [0.29, 0.717) is 6.61 Å². The summed E-state index contributed by atoms with van der Waals surface area (Å²) < 4.78 is 6.40. The molecule has 2 aromatic rings. The molecule has 19 heavy (non-hydrogen) atoms. The topological polar surface area (TPSA) is 54.4 Å². The van der Waals surface area contributed by atoms with E-state index in [0.717, 1.165) is 27.3 Å². The van der Waals surface area contributed by atoms with Crippen molar-refractivity contribution in [1.82, 2.24) is 4.98 Å². The van der Waals surface area contributed by atoms with Gasteiger partial charge in [-0.2, -0.15) is 0 Å². The minimum Gasteiger partial charge on any atom is -0.508 e. The average Bonchev–Trinajstić information content (AvgIpc) is 2.75. The molecule has 1 unspecified atom stereocenters. The maximum absolute atomic E-state index is 9.43.